The van der Waals surface area contributed by atoms with Gasteiger partial charge in [0.25, 0.3) is 0 Å². The lowest BCUT2D eigenvalue weighted by Gasteiger charge is -2.32. The van der Waals surface area contributed by atoms with Gasteiger partial charge in [0, 0.05) is 12.1 Å². The van der Waals surface area contributed by atoms with E-state index in [9.17, 15) is 18.8 Å². The first-order valence-electron chi connectivity index (χ1n) is 10.8. The van der Waals surface area contributed by atoms with Crippen molar-refractivity contribution in [3.63, 3.8) is 0 Å². The maximum Gasteiger partial charge on any atom is 0.337 e. The molecule has 0 aliphatic carbocycles. The second kappa shape index (κ2) is 11.0. The Balaban J connectivity index is 1.55. The Morgan fingerprint density at radius 3 is 2.51 bits per heavy atom. The van der Waals surface area contributed by atoms with E-state index in [1.54, 1.807) is 30.3 Å². The molecule has 2 amide bonds. The van der Waals surface area contributed by atoms with Crippen molar-refractivity contribution >= 4 is 46.1 Å². The SMILES string of the molecule is COC(=O)c1ccc(NC(=O)C2CC(=O)N(Cc3ccccc3)C(=Nc3cccc(F)c3)S2)cc1. The van der Waals surface area contributed by atoms with Gasteiger partial charge in [-0.1, -0.05) is 48.2 Å². The average molecular weight is 492 g/mol. The molecule has 4 rings (SSSR count). The Bertz CT molecular complexity index is 1270. The zero-order valence-electron chi connectivity index (χ0n) is 18.8. The Labute approximate surface area is 206 Å². The van der Waals surface area contributed by atoms with Crippen LogP contribution in [0.4, 0.5) is 15.8 Å². The third-order valence-electron chi connectivity index (χ3n) is 5.22. The van der Waals surface area contributed by atoms with E-state index in [2.05, 4.69) is 15.0 Å². The van der Waals surface area contributed by atoms with Crippen LogP contribution in [0.5, 0.6) is 0 Å². The topological polar surface area (TPSA) is 88.1 Å². The minimum atomic E-state index is -0.734. The fraction of sp³-hybridized carbons (Fsp3) is 0.154. The molecule has 0 bridgehead atoms. The predicted octanol–water partition coefficient (Wildman–Crippen LogP) is 4.77. The number of benzene rings is 3. The number of amides is 2. The quantitative estimate of drug-likeness (QED) is 0.502. The van der Waals surface area contributed by atoms with Crippen molar-refractivity contribution in [1.29, 1.82) is 0 Å². The molecule has 1 heterocycles. The summed E-state index contributed by atoms with van der Waals surface area (Å²) >= 11 is 1.15. The third-order valence-corrected chi connectivity index (χ3v) is 6.41. The molecule has 7 nitrogen and oxygen atoms in total. The molecule has 0 radical (unpaired) electrons. The van der Waals surface area contributed by atoms with Gasteiger partial charge in [0.1, 0.15) is 11.1 Å². The van der Waals surface area contributed by atoms with Gasteiger partial charge in [-0.2, -0.15) is 0 Å². The Kier molecular flexibility index (Phi) is 7.57. The van der Waals surface area contributed by atoms with Crippen LogP contribution >= 0.6 is 11.8 Å². The minimum absolute atomic E-state index is 0.0221. The van der Waals surface area contributed by atoms with Crippen molar-refractivity contribution < 1.29 is 23.5 Å². The summed E-state index contributed by atoms with van der Waals surface area (Å²) in [4.78, 5) is 43.7. The summed E-state index contributed by atoms with van der Waals surface area (Å²) in [6, 6.07) is 21.4. The largest absolute Gasteiger partial charge is 0.465 e. The summed E-state index contributed by atoms with van der Waals surface area (Å²) in [6.45, 7) is 0.282. The zero-order chi connectivity index (χ0) is 24.8. The summed E-state index contributed by atoms with van der Waals surface area (Å²) < 4.78 is 18.4. The molecule has 1 saturated heterocycles. The number of esters is 1. The molecule has 0 saturated carbocycles. The number of thioether (sulfide) groups is 1. The highest BCUT2D eigenvalue weighted by Gasteiger charge is 2.36. The molecule has 3 aromatic rings. The van der Waals surface area contributed by atoms with Crippen molar-refractivity contribution in [2.75, 3.05) is 12.4 Å². The summed E-state index contributed by atoms with van der Waals surface area (Å²) in [6.07, 6.45) is -0.0221. The van der Waals surface area contributed by atoms with E-state index in [1.807, 2.05) is 30.3 Å². The van der Waals surface area contributed by atoms with Gasteiger partial charge >= 0.3 is 5.97 Å². The highest BCUT2D eigenvalue weighted by Crippen LogP contribution is 2.31. The van der Waals surface area contributed by atoms with E-state index in [0.29, 0.717) is 22.1 Å². The van der Waals surface area contributed by atoms with E-state index in [1.165, 1.54) is 30.2 Å². The Hall–Kier alpha value is -3.98. The second-order valence-electron chi connectivity index (χ2n) is 7.71. The number of anilines is 1. The monoisotopic (exact) mass is 491 g/mol. The number of carbonyl (C=O) groups excluding carboxylic acids is 3. The number of nitrogens with one attached hydrogen (secondary N) is 1. The first-order valence-corrected chi connectivity index (χ1v) is 11.7. The van der Waals surface area contributed by atoms with Crippen LogP contribution in [0.15, 0.2) is 83.9 Å². The lowest BCUT2D eigenvalue weighted by Crippen LogP contribution is -2.44. The fourth-order valence-corrected chi connectivity index (χ4v) is 4.55. The molecule has 0 spiro atoms. The van der Waals surface area contributed by atoms with Gasteiger partial charge in [0.15, 0.2) is 5.17 Å². The van der Waals surface area contributed by atoms with Gasteiger partial charge in [-0.25, -0.2) is 14.2 Å². The molecule has 3 aromatic carbocycles. The van der Waals surface area contributed by atoms with Crippen LogP contribution in [0.3, 0.4) is 0 Å². The predicted molar refractivity (Wildman–Crippen MR) is 133 cm³/mol. The Morgan fingerprint density at radius 2 is 1.83 bits per heavy atom. The molecule has 35 heavy (non-hydrogen) atoms. The van der Waals surface area contributed by atoms with Gasteiger partial charge < -0.3 is 10.1 Å². The number of ether oxygens (including phenoxy) is 1. The van der Waals surface area contributed by atoms with Crippen molar-refractivity contribution in [2.45, 2.75) is 18.2 Å². The van der Waals surface area contributed by atoms with Crippen LogP contribution < -0.4 is 5.32 Å². The van der Waals surface area contributed by atoms with Crippen LogP contribution in [-0.2, 0) is 20.9 Å². The fourth-order valence-electron chi connectivity index (χ4n) is 3.45. The molecular weight excluding hydrogens is 469 g/mol. The molecule has 1 aliphatic heterocycles. The van der Waals surface area contributed by atoms with E-state index >= 15 is 0 Å². The van der Waals surface area contributed by atoms with Gasteiger partial charge in [-0.05, 0) is 48.0 Å². The number of hydrogen-bond acceptors (Lipinski definition) is 6. The van der Waals surface area contributed by atoms with E-state index < -0.39 is 17.0 Å². The first kappa shape index (κ1) is 24.2. The molecule has 1 atom stereocenters. The number of hydrogen-bond donors (Lipinski definition) is 1. The van der Waals surface area contributed by atoms with E-state index in [0.717, 1.165) is 17.3 Å². The summed E-state index contributed by atoms with van der Waals surface area (Å²) in [5.41, 5.74) is 2.08. The van der Waals surface area contributed by atoms with Crippen LogP contribution in [0.25, 0.3) is 0 Å². The lowest BCUT2D eigenvalue weighted by atomic mass is 10.2. The number of rotatable bonds is 6. The maximum absolute atomic E-state index is 13.7. The smallest absolute Gasteiger partial charge is 0.337 e. The molecule has 1 fully saturated rings. The van der Waals surface area contributed by atoms with Crippen LogP contribution in [0, 0.1) is 5.82 Å². The Morgan fingerprint density at radius 1 is 1.09 bits per heavy atom. The second-order valence-corrected chi connectivity index (χ2v) is 8.88. The number of methoxy groups -OCH3 is 1. The molecule has 1 unspecified atom stereocenters. The molecule has 1 aliphatic rings. The standard InChI is InChI=1S/C26H22FN3O4S/c1-34-25(33)18-10-12-20(13-11-18)28-24(32)22-15-23(31)30(16-17-6-3-2-4-7-17)26(35-22)29-21-9-5-8-19(27)14-21/h2-14,22H,15-16H2,1H3,(H,28,32). The zero-order valence-corrected chi connectivity index (χ0v) is 19.6. The van der Waals surface area contributed by atoms with Gasteiger partial charge in [0.2, 0.25) is 11.8 Å². The summed E-state index contributed by atoms with van der Waals surface area (Å²) in [5.74, 6) is -1.56. The minimum Gasteiger partial charge on any atom is -0.465 e. The van der Waals surface area contributed by atoms with Gasteiger partial charge in [0.05, 0.1) is 24.9 Å². The molecular formula is C26H22FN3O4S. The van der Waals surface area contributed by atoms with Crippen molar-refractivity contribution in [2.24, 2.45) is 4.99 Å². The van der Waals surface area contributed by atoms with E-state index in [4.69, 9.17) is 0 Å². The number of carbonyl (C=O) groups is 3. The third kappa shape index (κ3) is 6.13. The van der Waals surface area contributed by atoms with Crippen molar-refractivity contribution in [3.8, 4) is 0 Å². The van der Waals surface area contributed by atoms with Crippen LogP contribution in [0.2, 0.25) is 0 Å². The first-order chi connectivity index (χ1) is 16.9. The van der Waals surface area contributed by atoms with Gasteiger partial charge in [-0.15, -0.1) is 0 Å². The van der Waals surface area contributed by atoms with E-state index in [-0.39, 0.29) is 24.8 Å². The number of halogens is 1. The number of nitrogens with zero attached hydrogens (tertiary/aromatic N) is 2. The average Bonchev–Trinajstić information content (AvgIpc) is 2.86. The normalized spacial score (nSPS) is 16.7. The van der Waals surface area contributed by atoms with Crippen LogP contribution in [-0.4, -0.2) is 40.2 Å². The highest BCUT2D eigenvalue weighted by molar-refractivity contribution is 8.15. The summed E-state index contributed by atoms with van der Waals surface area (Å²) in [7, 11) is 1.29. The molecule has 9 heteroatoms. The molecule has 0 aromatic heterocycles. The number of aliphatic imine (C=N–C) groups is 1. The molecule has 178 valence electrons. The van der Waals surface area contributed by atoms with Crippen molar-refractivity contribution in [1.82, 2.24) is 4.90 Å². The maximum atomic E-state index is 13.7. The number of amidine groups is 1. The highest BCUT2D eigenvalue weighted by atomic mass is 32.2. The summed E-state index contributed by atoms with van der Waals surface area (Å²) in [5, 5.41) is 2.36. The van der Waals surface area contributed by atoms with Gasteiger partial charge in [-0.3, -0.25) is 14.5 Å². The van der Waals surface area contributed by atoms with Crippen molar-refractivity contribution in [3.05, 3.63) is 95.8 Å². The van der Waals surface area contributed by atoms with Crippen LogP contribution in [0.1, 0.15) is 22.3 Å². The lowest BCUT2D eigenvalue weighted by molar-refractivity contribution is -0.129. The molecule has 1 N–H and O–H groups in total.